The molecule has 0 aliphatic carbocycles. The van der Waals surface area contributed by atoms with Gasteiger partial charge < -0.3 is 0 Å². The number of allylic oxidation sites excluding steroid dienone is 1. The Morgan fingerprint density at radius 1 is 1.53 bits per heavy atom. The molecule has 0 unspecified atom stereocenters. The van der Waals surface area contributed by atoms with E-state index in [1.165, 1.54) is 6.08 Å². The zero-order chi connectivity index (χ0) is 10.8. The third kappa shape index (κ3) is 1.72. The summed E-state index contributed by atoms with van der Waals surface area (Å²) in [7, 11) is 1.84. The number of nitrogens with zero attached hydrogens (tertiary/aromatic N) is 3. The predicted octanol–water partition coefficient (Wildman–Crippen LogP) is 2.76. The Morgan fingerprint density at radius 2 is 2.33 bits per heavy atom. The summed E-state index contributed by atoms with van der Waals surface area (Å²) in [4.78, 5) is 0. The number of fused-ring (bicyclic) bond motifs is 1. The smallest absolute Gasteiger partial charge is 0.111 e. The van der Waals surface area contributed by atoms with Crippen LogP contribution in [0.3, 0.4) is 0 Å². The average molecular weight is 218 g/mol. The minimum atomic E-state index is 0.625. The molecule has 4 heteroatoms. The van der Waals surface area contributed by atoms with Gasteiger partial charge in [0.2, 0.25) is 0 Å². The van der Waals surface area contributed by atoms with Crippen molar-refractivity contribution in [2.75, 3.05) is 0 Å². The van der Waals surface area contributed by atoms with Crippen molar-refractivity contribution in [3.05, 3.63) is 35.0 Å². The largest absolute Gasteiger partial charge is 0.275 e. The maximum absolute atomic E-state index is 8.48. The molecule has 0 fully saturated rings. The number of hydrogen-bond donors (Lipinski definition) is 0. The highest BCUT2D eigenvalue weighted by Gasteiger charge is 2.06. The van der Waals surface area contributed by atoms with Gasteiger partial charge in [0.15, 0.2) is 0 Å². The van der Waals surface area contributed by atoms with Crippen molar-refractivity contribution in [2.24, 2.45) is 7.05 Å². The zero-order valence-corrected chi connectivity index (χ0v) is 8.86. The molecule has 1 aromatic heterocycles. The molecule has 0 saturated heterocycles. The van der Waals surface area contributed by atoms with Crippen LogP contribution in [0.25, 0.3) is 17.0 Å². The number of benzene rings is 1. The van der Waals surface area contributed by atoms with E-state index in [1.54, 1.807) is 16.8 Å². The summed E-state index contributed by atoms with van der Waals surface area (Å²) >= 11 is 6.01. The Hall–Kier alpha value is -1.79. The topological polar surface area (TPSA) is 41.6 Å². The van der Waals surface area contributed by atoms with Crippen molar-refractivity contribution < 1.29 is 0 Å². The number of aryl methyl sites for hydroxylation is 1. The van der Waals surface area contributed by atoms with E-state index in [2.05, 4.69) is 5.10 Å². The van der Waals surface area contributed by atoms with E-state index in [-0.39, 0.29) is 0 Å². The van der Waals surface area contributed by atoms with Crippen molar-refractivity contribution in [3.8, 4) is 6.07 Å². The van der Waals surface area contributed by atoms with E-state index < -0.39 is 0 Å². The van der Waals surface area contributed by atoms with Crippen molar-refractivity contribution in [1.82, 2.24) is 9.78 Å². The van der Waals surface area contributed by atoms with Crippen LogP contribution in [0.4, 0.5) is 0 Å². The molecule has 0 atom stereocenters. The van der Waals surface area contributed by atoms with Gasteiger partial charge in [-0.1, -0.05) is 17.7 Å². The Balaban J connectivity index is 2.72. The highest BCUT2D eigenvalue weighted by Crippen LogP contribution is 2.25. The van der Waals surface area contributed by atoms with Crippen LogP contribution < -0.4 is 0 Å². The van der Waals surface area contributed by atoms with Crippen molar-refractivity contribution >= 4 is 28.6 Å². The van der Waals surface area contributed by atoms with E-state index in [1.807, 2.05) is 25.4 Å². The van der Waals surface area contributed by atoms with Crippen LogP contribution in [-0.4, -0.2) is 9.78 Å². The second-order valence-corrected chi connectivity index (χ2v) is 3.57. The van der Waals surface area contributed by atoms with Gasteiger partial charge in [-0.3, -0.25) is 4.68 Å². The first-order chi connectivity index (χ1) is 7.22. The first-order valence-corrected chi connectivity index (χ1v) is 4.78. The predicted molar refractivity (Wildman–Crippen MR) is 60.4 cm³/mol. The molecule has 2 aromatic rings. The van der Waals surface area contributed by atoms with E-state index >= 15 is 0 Å². The molecule has 74 valence electrons. The van der Waals surface area contributed by atoms with E-state index in [0.29, 0.717) is 5.02 Å². The highest BCUT2D eigenvalue weighted by molar-refractivity contribution is 6.35. The molecule has 0 aliphatic rings. The Morgan fingerprint density at radius 3 is 3.07 bits per heavy atom. The molecule has 15 heavy (non-hydrogen) atoms. The van der Waals surface area contributed by atoms with E-state index in [4.69, 9.17) is 16.9 Å². The van der Waals surface area contributed by atoms with Gasteiger partial charge >= 0.3 is 0 Å². The fraction of sp³-hybridized carbons (Fsp3) is 0.0909. The normalized spacial score (nSPS) is 11.0. The van der Waals surface area contributed by atoms with Gasteiger partial charge in [0.05, 0.1) is 11.1 Å². The van der Waals surface area contributed by atoms with Gasteiger partial charge in [-0.25, -0.2) is 0 Å². The van der Waals surface area contributed by atoms with Crippen molar-refractivity contribution in [2.45, 2.75) is 0 Å². The van der Waals surface area contributed by atoms with Gasteiger partial charge in [-0.05, 0) is 17.7 Å². The summed E-state index contributed by atoms with van der Waals surface area (Å²) in [5, 5.41) is 14.3. The molecule has 0 N–H and O–H groups in total. The molecule has 3 nitrogen and oxygen atoms in total. The molecular weight excluding hydrogens is 210 g/mol. The average Bonchev–Trinajstić information content (AvgIpc) is 2.60. The second kappa shape index (κ2) is 3.76. The highest BCUT2D eigenvalue weighted by atomic mass is 35.5. The number of nitriles is 1. The van der Waals surface area contributed by atoms with Crippen molar-refractivity contribution in [1.29, 1.82) is 5.26 Å². The molecule has 1 aromatic carbocycles. The van der Waals surface area contributed by atoms with E-state index in [0.717, 1.165) is 16.5 Å². The lowest BCUT2D eigenvalue weighted by Crippen LogP contribution is -1.84. The Kier molecular flexibility index (Phi) is 2.44. The monoisotopic (exact) mass is 217 g/mol. The van der Waals surface area contributed by atoms with Crippen LogP contribution in [-0.2, 0) is 7.05 Å². The Bertz CT molecular complexity index is 575. The number of aromatic nitrogens is 2. The van der Waals surface area contributed by atoms with Gasteiger partial charge in [-0.15, -0.1) is 0 Å². The molecule has 0 amide bonds. The lowest BCUT2D eigenvalue weighted by atomic mass is 10.1. The van der Waals surface area contributed by atoms with Crippen LogP contribution >= 0.6 is 11.6 Å². The van der Waals surface area contributed by atoms with Gasteiger partial charge in [-0.2, -0.15) is 10.4 Å². The summed E-state index contributed by atoms with van der Waals surface area (Å²) in [6.07, 6.45) is 5.08. The number of halogens is 1. The number of rotatable bonds is 1. The van der Waals surface area contributed by atoms with Crippen LogP contribution in [0.2, 0.25) is 5.02 Å². The molecule has 0 saturated carbocycles. The molecule has 0 spiro atoms. The minimum absolute atomic E-state index is 0.625. The summed E-state index contributed by atoms with van der Waals surface area (Å²) in [5.41, 5.74) is 1.71. The molecule has 0 aliphatic heterocycles. The first-order valence-electron chi connectivity index (χ1n) is 4.40. The molecule has 1 heterocycles. The fourth-order valence-corrected chi connectivity index (χ4v) is 1.68. The summed E-state index contributed by atoms with van der Waals surface area (Å²) in [6, 6.07) is 5.62. The van der Waals surface area contributed by atoms with Crippen LogP contribution in [0.15, 0.2) is 24.4 Å². The third-order valence-electron chi connectivity index (χ3n) is 2.11. The lowest BCUT2D eigenvalue weighted by molar-refractivity contribution is 0.780. The van der Waals surface area contributed by atoms with Crippen molar-refractivity contribution in [3.63, 3.8) is 0 Å². The maximum atomic E-state index is 8.48. The zero-order valence-electron chi connectivity index (χ0n) is 8.11. The molecular formula is C11H8ClN3. The standard InChI is InChI=1S/C11H8ClN3/c1-15-7-9-8(3-2-6-13)4-5-10(12)11(9)14-15/h2-5,7H,1H3. The summed E-state index contributed by atoms with van der Waals surface area (Å²) < 4.78 is 1.71. The van der Waals surface area contributed by atoms with Gasteiger partial charge in [0.25, 0.3) is 0 Å². The van der Waals surface area contributed by atoms with Gasteiger partial charge in [0.1, 0.15) is 5.52 Å². The van der Waals surface area contributed by atoms with E-state index in [9.17, 15) is 0 Å². The molecule has 0 bridgehead atoms. The summed E-state index contributed by atoms with van der Waals surface area (Å²) in [5.74, 6) is 0. The quantitative estimate of drug-likeness (QED) is 0.690. The van der Waals surface area contributed by atoms with Crippen LogP contribution in [0, 0.1) is 11.3 Å². The lowest BCUT2D eigenvalue weighted by Gasteiger charge is -1.96. The maximum Gasteiger partial charge on any atom is 0.111 e. The van der Waals surface area contributed by atoms with Crippen LogP contribution in [0.5, 0.6) is 0 Å². The first kappa shape index (κ1) is 9.75. The number of hydrogen-bond acceptors (Lipinski definition) is 2. The minimum Gasteiger partial charge on any atom is -0.275 e. The van der Waals surface area contributed by atoms with Gasteiger partial charge in [0, 0.05) is 24.7 Å². The molecule has 2 rings (SSSR count). The SMILES string of the molecule is Cn1cc2c(C=CC#N)ccc(Cl)c2n1. The second-order valence-electron chi connectivity index (χ2n) is 3.16. The molecule has 0 radical (unpaired) electrons. The van der Waals surface area contributed by atoms with Crippen LogP contribution in [0.1, 0.15) is 5.56 Å². The Labute approximate surface area is 92.2 Å². The fourth-order valence-electron chi connectivity index (χ4n) is 1.48. The third-order valence-corrected chi connectivity index (χ3v) is 2.42. The summed E-state index contributed by atoms with van der Waals surface area (Å²) in [6.45, 7) is 0.